The molecule has 1 fully saturated rings. The second-order valence-electron chi connectivity index (χ2n) is 6.62. The predicted molar refractivity (Wildman–Crippen MR) is 97.1 cm³/mol. The molecule has 128 valence electrons. The summed E-state index contributed by atoms with van der Waals surface area (Å²) >= 11 is 0. The first kappa shape index (κ1) is 17.8. The molecule has 1 aliphatic rings. The highest BCUT2D eigenvalue weighted by atomic mass is 16.5. The first-order valence-electron chi connectivity index (χ1n) is 8.74. The minimum absolute atomic E-state index is 0.424. The van der Waals surface area contributed by atoms with E-state index in [2.05, 4.69) is 62.3 Å². The number of ether oxygens (including phenoxy) is 1. The monoisotopic (exact) mass is 317 g/mol. The topological polar surface area (TPSA) is 36.9 Å². The first-order valence-corrected chi connectivity index (χ1v) is 8.74. The average molecular weight is 317 g/mol. The average Bonchev–Trinajstić information content (AvgIpc) is 3.04. The Balaban J connectivity index is 1.95. The zero-order valence-electron chi connectivity index (χ0n) is 15.0. The van der Waals surface area contributed by atoms with Crippen molar-refractivity contribution in [3.8, 4) is 0 Å². The standard InChI is InChI=1S/C19H31N3O/c1-5-20-19(22(4)13-17-10-11-23-14-17)21-12-16(3)18-8-6-15(2)7-9-18/h6-9,16-17H,5,10-14H2,1-4H3,(H,20,21). The largest absolute Gasteiger partial charge is 0.381 e. The molecule has 0 aliphatic carbocycles. The number of hydrogen-bond acceptors (Lipinski definition) is 2. The Labute approximate surface area is 140 Å². The van der Waals surface area contributed by atoms with Crippen molar-refractivity contribution >= 4 is 5.96 Å². The van der Waals surface area contributed by atoms with Gasteiger partial charge in [0.15, 0.2) is 5.96 Å². The van der Waals surface area contributed by atoms with Crippen LogP contribution >= 0.6 is 0 Å². The summed E-state index contributed by atoms with van der Waals surface area (Å²) in [7, 11) is 2.12. The van der Waals surface area contributed by atoms with Crippen LogP contribution in [0.25, 0.3) is 0 Å². The molecule has 0 aromatic heterocycles. The highest BCUT2D eigenvalue weighted by Crippen LogP contribution is 2.17. The number of rotatable bonds is 6. The van der Waals surface area contributed by atoms with Gasteiger partial charge in [0, 0.05) is 45.1 Å². The molecule has 0 spiro atoms. The van der Waals surface area contributed by atoms with Crippen molar-refractivity contribution in [2.75, 3.05) is 39.9 Å². The van der Waals surface area contributed by atoms with Crippen LogP contribution < -0.4 is 5.32 Å². The molecule has 2 rings (SSSR count). The summed E-state index contributed by atoms with van der Waals surface area (Å²) in [5.74, 6) is 2.05. The van der Waals surface area contributed by atoms with Crippen molar-refractivity contribution in [3.63, 3.8) is 0 Å². The Morgan fingerprint density at radius 3 is 2.74 bits per heavy atom. The Bertz CT molecular complexity index is 492. The van der Waals surface area contributed by atoms with Crippen LogP contribution in [0.2, 0.25) is 0 Å². The van der Waals surface area contributed by atoms with E-state index in [1.54, 1.807) is 0 Å². The van der Waals surface area contributed by atoms with Gasteiger partial charge in [0.05, 0.1) is 6.61 Å². The van der Waals surface area contributed by atoms with Gasteiger partial charge in [-0.15, -0.1) is 0 Å². The normalized spacial score (nSPS) is 19.7. The zero-order chi connectivity index (χ0) is 16.7. The first-order chi connectivity index (χ1) is 11.1. The molecule has 1 saturated heterocycles. The number of hydrogen-bond donors (Lipinski definition) is 1. The van der Waals surface area contributed by atoms with Crippen LogP contribution in [-0.2, 0) is 4.74 Å². The van der Waals surface area contributed by atoms with Gasteiger partial charge in [-0.3, -0.25) is 4.99 Å². The maximum Gasteiger partial charge on any atom is 0.193 e. The second kappa shape index (κ2) is 8.92. The molecule has 1 heterocycles. The summed E-state index contributed by atoms with van der Waals surface area (Å²) in [6.45, 7) is 11.0. The van der Waals surface area contributed by atoms with E-state index >= 15 is 0 Å². The lowest BCUT2D eigenvalue weighted by molar-refractivity contribution is 0.181. The van der Waals surface area contributed by atoms with Crippen molar-refractivity contribution < 1.29 is 4.74 Å². The Morgan fingerprint density at radius 2 is 2.13 bits per heavy atom. The molecule has 23 heavy (non-hydrogen) atoms. The molecule has 0 saturated carbocycles. The van der Waals surface area contributed by atoms with E-state index in [0.717, 1.165) is 45.2 Å². The SMILES string of the molecule is CCNC(=NCC(C)c1ccc(C)cc1)N(C)CC1CCOC1. The van der Waals surface area contributed by atoms with E-state index in [4.69, 9.17) is 9.73 Å². The number of aliphatic imine (C=N–C) groups is 1. The van der Waals surface area contributed by atoms with Gasteiger partial charge >= 0.3 is 0 Å². The summed E-state index contributed by atoms with van der Waals surface area (Å²) < 4.78 is 5.48. The van der Waals surface area contributed by atoms with Crippen LogP contribution in [0.5, 0.6) is 0 Å². The van der Waals surface area contributed by atoms with Gasteiger partial charge in [0.1, 0.15) is 0 Å². The summed E-state index contributed by atoms with van der Waals surface area (Å²) in [6, 6.07) is 8.77. The van der Waals surface area contributed by atoms with Crippen molar-refractivity contribution in [2.45, 2.75) is 33.1 Å². The van der Waals surface area contributed by atoms with Gasteiger partial charge in [0.2, 0.25) is 0 Å². The third kappa shape index (κ3) is 5.54. The van der Waals surface area contributed by atoms with Crippen LogP contribution in [0.3, 0.4) is 0 Å². The zero-order valence-corrected chi connectivity index (χ0v) is 15.0. The van der Waals surface area contributed by atoms with E-state index in [1.807, 2.05) is 0 Å². The lowest BCUT2D eigenvalue weighted by Gasteiger charge is -2.25. The lowest BCUT2D eigenvalue weighted by atomic mass is 10.0. The van der Waals surface area contributed by atoms with E-state index in [0.29, 0.717) is 11.8 Å². The molecular weight excluding hydrogens is 286 g/mol. The number of benzene rings is 1. The predicted octanol–water partition coefficient (Wildman–Crippen LogP) is 3.03. The van der Waals surface area contributed by atoms with E-state index in [-0.39, 0.29) is 0 Å². The maximum atomic E-state index is 5.48. The molecule has 1 aliphatic heterocycles. The number of nitrogens with zero attached hydrogens (tertiary/aromatic N) is 2. The van der Waals surface area contributed by atoms with Gasteiger partial charge in [-0.25, -0.2) is 0 Å². The molecule has 4 nitrogen and oxygen atoms in total. The van der Waals surface area contributed by atoms with Gasteiger partial charge in [-0.2, -0.15) is 0 Å². The van der Waals surface area contributed by atoms with Gasteiger partial charge in [-0.05, 0) is 25.8 Å². The molecule has 0 bridgehead atoms. The van der Waals surface area contributed by atoms with Crippen LogP contribution in [0.1, 0.15) is 37.3 Å². The van der Waals surface area contributed by atoms with Crippen LogP contribution in [0.15, 0.2) is 29.3 Å². The molecule has 1 N–H and O–H groups in total. The molecular formula is C19H31N3O. The van der Waals surface area contributed by atoms with Gasteiger partial charge in [0.25, 0.3) is 0 Å². The third-order valence-corrected chi connectivity index (χ3v) is 4.41. The minimum Gasteiger partial charge on any atom is -0.381 e. The highest BCUT2D eigenvalue weighted by Gasteiger charge is 2.19. The molecule has 2 unspecified atom stereocenters. The molecule has 0 radical (unpaired) electrons. The smallest absolute Gasteiger partial charge is 0.193 e. The van der Waals surface area contributed by atoms with Crippen molar-refractivity contribution in [1.29, 1.82) is 0 Å². The fraction of sp³-hybridized carbons (Fsp3) is 0.632. The Morgan fingerprint density at radius 1 is 1.39 bits per heavy atom. The van der Waals surface area contributed by atoms with Gasteiger partial charge in [-0.1, -0.05) is 36.8 Å². The lowest BCUT2D eigenvalue weighted by Crippen LogP contribution is -2.41. The van der Waals surface area contributed by atoms with Crippen LogP contribution in [0, 0.1) is 12.8 Å². The van der Waals surface area contributed by atoms with Gasteiger partial charge < -0.3 is 15.0 Å². The fourth-order valence-electron chi connectivity index (χ4n) is 2.89. The summed E-state index contributed by atoms with van der Waals surface area (Å²) in [5.41, 5.74) is 2.65. The van der Waals surface area contributed by atoms with Crippen molar-refractivity contribution in [2.24, 2.45) is 10.9 Å². The summed E-state index contributed by atoms with van der Waals surface area (Å²) in [4.78, 5) is 7.09. The summed E-state index contributed by atoms with van der Waals surface area (Å²) in [6.07, 6.45) is 1.16. The highest BCUT2D eigenvalue weighted by molar-refractivity contribution is 5.79. The number of guanidine groups is 1. The Hall–Kier alpha value is -1.55. The van der Waals surface area contributed by atoms with Crippen molar-refractivity contribution in [3.05, 3.63) is 35.4 Å². The molecule has 0 amide bonds. The third-order valence-electron chi connectivity index (χ3n) is 4.41. The maximum absolute atomic E-state index is 5.48. The fourth-order valence-corrected chi connectivity index (χ4v) is 2.89. The minimum atomic E-state index is 0.424. The van der Waals surface area contributed by atoms with E-state index in [1.165, 1.54) is 11.1 Å². The van der Waals surface area contributed by atoms with Crippen molar-refractivity contribution in [1.82, 2.24) is 10.2 Å². The molecule has 4 heteroatoms. The summed E-state index contributed by atoms with van der Waals surface area (Å²) in [5, 5.41) is 3.41. The second-order valence-corrected chi connectivity index (χ2v) is 6.62. The number of nitrogens with one attached hydrogen (secondary N) is 1. The van der Waals surface area contributed by atoms with E-state index in [9.17, 15) is 0 Å². The van der Waals surface area contributed by atoms with Crippen LogP contribution in [-0.4, -0.2) is 50.8 Å². The van der Waals surface area contributed by atoms with Crippen LogP contribution in [0.4, 0.5) is 0 Å². The molecule has 2 atom stereocenters. The molecule has 1 aromatic carbocycles. The quantitative estimate of drug-likeness (QED) is 0.647. The Kier molecular flexibility index (Phi) is 6.90. The molecule has 1 aromatic rings. The number of aryl methyl sites for hydroxylation is 1. The van der Waals surface area contributed by atoms with E-state index < -0.39 is 0 Å².